The van der Waals surface area contributed by atoms with Crippen LogP contribution in [-0.2, 0) is 0 Å². The molecule has 0 amide bonds. The molecule has 1 aromatic carbocycles. The Balaban J connectivity index is 2.11. The molecule has 3 heterocycles. The van der Waals surface area contributed by atoms with Crippen molar-refractivity contribution >= 4 is 16.8 Å². The SMILES string of the molecule is O=c1[nH]c2nccnc2c2nc(-c3ccccc3)nn12. The summed E-state index contributed by atoms with van der Waals surface area (Å²) in [5, 5.41) is 4.23. The number of H-pyrrole nitrogens is 1. The van der Waals surface area contributed by atoms with Crippen molar-refractivity contribution < 1.29 is 0 Å². The summed E-state index contributed by atoms with van der Waals surface area (Å²) in [5.74, 6) is 0.481. The van der Waals surface area contributed by atoms with Gasteiger partial charge < -0.3 is 0 Å². The Kier molecular flexibility index (Phi) is 2.13. The molecule has 7 heteroatoms. The van der Waals surface area contributed by atoms with E-state index in [2.05, 4.69) is 25.0 Å². The summed E-state index contributed by atoms with van der Waals surface area (Å²) in [6.45, 7) is 0. The van der Waals surface area contributed by atoms with Crippen LogP contribution in [0.4, 0.5) is 0 Å². The Labute approximate surface area is 112 Å². The van der Waals surface area contributed by atoms with Gasteiger partial charge in [0.15, 0.2) is 22.6 Å². The van der Waals surface area contributed by atoms with Gasteiger partial charge >= 0.3 is 5.69 Å². The maximum absolute atomic E-state index is 12.0. The highest BCUT2D eigenvalue weighted by Crippen LogP contribution is 2.17. The third-order valence-corrected chi connectivity index (χ3v) is 2.97. The Bertz CT molecular complexity index is 972. The molecule has 4 rings (SSSR count). The second kappa shape index (κ2) is 3.95. The molecule has 1 N–H and O–H groups in total. The van der Waals surface area contributed by atoms with Crippen LogP contribution in [0, 0.1) is 0 Å². The van der Waals surface area contributed by atoms with E-state index in [-0.39, 0.29) is 5.69 Å². The van der Waals surface area contributed by atoms with Gasteiger partial charge in [-0.2, -0.15) is 4.52 Å². The van der Waals surface area contributed by atoms with Crippen molar-refractivity contribution in [1.29, 1.82) is 0 Å². The lowest BCUT2D eigenvalue weighted by Gasteiger charge is -1.95. The largest absolute Gasteiger partial charge is 0.349 e. The summed E-state index contributed by atoms with van der Waals surface area (Å²) >= 11 is 0. The first-order valence-corrected chi connectivity index (χ1v) is 5.98. The molecular weight excluding hydrogens is 256 g/mol. The van der Waals surface area contributed by atoms with Crippen molar-refractivity contribution in [3.05, 3.63) is 53.2 Å². The molecule has 0 aliphatic rings. The van der Waals surface area contributed by atoms with Crippen LogP contribution < -0.4 is 5.69 Å². The van der Waals surface area contributed by atoms with E-state index in [1.165, 1.54) is 10.7 Å². The van der Waals surface area contributed by atoms with Gasteiger partial charge in [-0.3, -0.25) is 4.98 Å². The number of aromatic nitrogens is 6. The number of fused-ring (bicyclic) bond motifs is 3. The summed E-state index contributed by atoms with van der Waals surface area (Å²) in [6, 6.07) is 9.47. The van der Waals surface area contributed by atoms with Crippen LogP contribution >= 0.6 is 0 Å². The van der Waals surface area contributed by atoms with E-state index in [0.29, 0.717) is 22.6 Å². The van der Waals surface area contributed by atoms with Crippen molar-refractivity contribution in [3.8, 4) is 11.4 Å². The Morgan fingerprint density at radius 3 is 2.70 bits per heavy atom. The third-order valence-electron chi connectivity index (χ3n) is 2.97. The standard InChI is InChI=1S/C13H8N6O/c20-13-17-11-9(14-6-7-15-11)12-16-10(18-19(12)13)8-4-2-1-3-5-8/h1-7H,(H,15,17,20). The van der Waals surface area contributed by atoms with Crippen LogP contribution in [0.15, 0.2) is 47.5 Å². The van der Waals surface area contributed by atoms with Crippen LogP contribution in [0.2, 0.25) is 0 Å². The van der Waals surface area contributed by atoms with Crippen LogP contribution in [0.3, 0.4) is 0 Å². The van der Waals surface area contributed by atoms with Gasteiger partial charge in [0, 0.05) is 18.0 Å². The Morgan fingerprint density at radius 1 is 1.05 bits per heavy atom. The number of aromatic amines is 1. The van der Waals surface area contributed by atoms with Crippen LogP contribution in [0.5, 0.6) is 0 Å². The Hall–Kier alpha value is -3.09. The van der Waals surface area contributed by atoms with E-state index in [0.717, 1.165) is 5.56 Å². The highest BCUT2D eigenvalue weighted by Gasteiger charge is 2.13. The molecule has 3 aromatic heterocycles. The van der Waals surface area contributed by atoms with Crippen molar-refractivity contribution in [2.24, 2.45) is 0 Å². The molecule has 0 aliphatic heterocycles. The van der Waals surface area contributed by atoms with Gasteiger partial charge in [-0.25, -0.2) is 19.7 Å². The van der Waals surface area contributed by atoms with Crippen LogP contribution in [0.25, 0.3) is 28.2 Å². The first kappa shape index (κ1) is 10.8. The average molecular weight is 264 g/mol. The summed E-state index contributed by atoms with van der Waals surface area (Å²) in [7, 11) is 0. The van der Waals surface area contributed by atoms with E-state index in [1.807, 2.05) is 30.3 Å². The monoisotopic (exact) mass is 264 g/mol. The van der Waals surface area contributed by atoms with Gasteiger partial charge in [0.2, 0.25) is 0 Å². The van der Waals surface area contributed by atoms with E-state index in [9.17, 15) is 4.79 Å². The van der Waals surface area contributed by atoms with E-state index >= 15 is 0 Å². The highest BCUT2D eigenvalue weighted by molar-refractivity contribution is 5.84. The van der Waals surface area contributed by atoms with Gasteiger partial charge in [0.05, 0.1) is 0 Å². The molecule has 0 aliphatic carbocycles. The third kappa shape index (κ3) is 1.50. The molecule has 0 unspecified atom stereocenters. The minimum atomic E-state index is -0.386. The molecule has 7 nitrogen and oxygen atoms in total. The fourth-order valence-electron chi connectivity index (χ4n) is 2.06. The lowest BCUT2D eigenvalue weighted by atomic mass is 10.2. The summed E-state index contributed by atoms with van der Waals surface area (Å²) in [6.07, 6.45) is 3.07. The fourth-order valence-corrected chi connectivity index (χ4v) is 2.06. The predicted octanol–water partition coefficient (Wildman–Crippen LogP) is 1.03. The van der Waals surface area contributed by atoms with Gasteiger partial charge in [0.25, 0.3) is 0 Å². The molecule has 96 valence electrons. The minimum absolute atomic E-state index is 0.386. The zero-order chi connectivity index (χ0) is 13.5. The molecule has 0 radical (unpaired) electrons. The smallest absolute Gasteiger partial charge is 0.288 e. The zero-order valence-corrected chi connectivity index (χ0v) is 10.2. The second-order valence-corrected chi connectivity index (χ2v) is 4.22. The quantitative estimate of drug-likeness (QED) is 0.554. The van der Waals surface area contributed by atoms with Gasteiger partial charge in [-0.05, 0) is 0 Å². The van der Waals surface area contributed by atoms with E-state index in [1.54, 1.807) is 6.20 Å². The lowest BCUT2D eigenvalue weighted by molar-refractivity contribution is 0.878. The number of nitrogens with one attached hydrogen (secondary N) is 1. The van der Waals surface area contributed by atoms with Crippen LogP contribution in [-0.4, -0.2) is 29.5 Å². The number of benzene rings is 1. The molecule has 0 saturated carbocycles. The first-order chi connectivity index (χ1) is 9.83. The molecule has 0 atom stereocenters. The topological polar surface area (TPSA) is 88.8 Å². The zero-order valence-electron chi connectivity index (χ0n) is 10.2. The van der Waals surface area contributed by atoms with Crippen molar-refractivity contribution in [3.63, 3.8) is 0 Å². The molecule has 0 saturated heterocycles. The molecular formula is C13H8N6O. The van der Waals surface area contributed by atoms with Gasteiger partial charge in [0.1, 0.15) is 0 Å². The molecule has 0 bridgehead atoms. The summed E-state index contributed by atoms with van der Waals surface area (Å²) in [5.41, 5.74) is 1.77. The van der Waals surface area contributed by atoms with Crippen molar-refractivity contribution in [2.45, 2.75) is 0 Å². The van der Waals surface area contributed by atoms with Crippen LogP contribution in [0.1, 0.15) is 0 Å². The molecule has 0 spiro atoms. The maximum Gasteiger partial charge on any atom is 0.349 e. The number of hydrogen-bond donors (Lipinski definition) is 1. The predicted molar refractivity (Wildman–Crippen MR) is 72.1 cm³/mol. The normalized spacial score (nSPS) is 11.2. The minimum Gasteiger partial charge on any atom is -0.288 e. The molecule has 4 aromatic rings. The summed E-state index contributed by atoms with van der Waals surface area (Å²) < 4.78 is 1.21. The first-order valence-electron chi connectivity index (χ1n) is 5.98. The molecule has 0 fully saturated rings. The van der Waals surface area contributed by atoms with Crippen molar-refractivity contribution in [1.82, 2.24) is 29.5 Å². The summed E-state index contributed by atoms with van der Waals surface area (Å²) in [4.78, 5) is 27.3. The van der Waals surface area contributed by atoms with Gasteiger partial charge in [-0.1, -0.05) is 30.3 Å². The lowest BCUT2D eigenvalue weighted by Crippen LogP contribution is -2.18. The van der Waals surface area contributed by atoms with Gasteiger partial charge in [-0.15, -0.1) is 5.10 Å². The number of hydrogen-bond acceptors (Lipinski definition) is 5. The maximum atomic E-state index is 12.0. The average Bonchev–Trinajstić information content (AvgIpc) is 2.94. The number of nitrogens with zero attached hydrogens (tertiary/aromatic N) is 5. The second-order valence-electron chi connectivity index (χ2n) is 4.22. The van der Waals surface area contributed by atoms with E-state index < -0.39 is 0 Å². The number of rotatable bonds is 1. The van der Waals surface area contributed by atoms with Crippen molar-refractivity contribution in [2.75, 3.05) is 0 Å². The Morgan fingerprint density at radius 2 is 1.85 bits per heavy atom. The van der Waals surface area contributed by atoms with E-state index in [4.69, 9.17) is 0 Å². The highest BCUT2D eigenvalue weighted by atomic mass is 16.1. The fraction of sp³-hybridized carbons (Fsp3) is 0. The molecule has 20 heavy (non-hydrogen) atoms.